The van der Waals surface area contributed by atoms with Gasteiger partial charge in [0.1, 0.15) is 10.7 Å². The van der Waals surface area contributed by atoms with Gasteiger partial charge in [0.25, 0.3) is 0 Å². The molecule has 33 heavy (non-hydrogen) atoms. The van der Waals surface area contributed by atoms with E-state index in [0.29, 0.717) is 16.2 Å². The molecule has 1 aromatic heterocycles. The third-order valence-electron chi connectivity index (χ3n) is 4.22. The monoisotopic (exact) mass is 489 g/mol. The number of carbonyl (C=O) groups excluding carboxylic acids is 3. The molecule has 2 N–H and O–H groups in total. The van der Waals surface area contributed by atoms with E-state index >= 15 is 0 Å². The van der Waals surface area contributed by atoms with Crippen LogP contribution in [0, 0.1) is 5.82 Å². The van der Waals surface area contributed by atoms with Gasteiger partial charge in [-0.3, -0.25) is 9.59 Å². The lowest BCUT2D eigenvalue weighted by molar-refractivity contribution is -0.136. The second-order valence-electron chi connectivity index (χ2n) is 6.45. The Morgan fingerprint density at radius 3 is 2.52 bits per heavy atom. The summed E-state index contributed by atoms with van der Waals surface area (Å²) in [4.78, 5) is 36.6. The van der Waals surface area contributed by atoms with E-state index in [1.54, 1.807) is 36.6 Å². The minimum Gasteiger partial charge on any atom is -0.493 e. The first kappa shape index (κ1) is 23.9. The highest BCUT2D eigenvalue weighted by molar-refractivity contribution is 7.12. The van der Waals surface area contributed by atoms with Crippen molar-refractivity contribution in [3.8, 4) is 11.5 Å². The quantitative estimate of drug-likeness (QED) is 0.177. The topological polar surface area (TPSA) is 106 Å². The molecule has 170 valence electrons. The van der Waals surface area contributed by atoms with Crippen LogP contribution in [0.2, 0.25) is 5.02 Å². The summed E-state index contributed by atoms with van der Waals surface area (Å²) in [6.45, 7) is 1.60. The van der Waals surface area contributed by atoms with Gasteiger partial charge >= 0.3 is 17.8 Å². The second kappa shape index (κ2) is 10.7. The van der Waals surface area contributed by atoms with Crippen LogP contribution in [-0.4, -0.2) is 30.6 Å². The number of anilines is 1. The fraction of sp³-hybridized carbons (Fsp3) is 0.0909. The molecule has 0 radical (unpaired) electrons. The summed E-state index contributed by atoms with van der Waals surface area (Å²) in [5.41, 5.74) is 3.19. The van der Waals surface area contributed by atoms with E-state index in [4.69, 9.17) is 21.1 Å². The highest BCUT2D eigenvalue weighted by Gasteiger charge is 2.16. The number of esters is 1. The number of amides is 2. The van der Waals surface area contributed by atoms with Gasteiger partial charge in [-0.05, 0) is 54.8 Å². The SMILES string of the molecule is COc1cc(/C(C)=N/NC(=O)C(=O)Nc2ccc(F)c(Cl)c2)ccc1OC(=O)c1cccs1. The van der Waals surface area contributed by atoms with Crippen molar-refractivity contribution in [1.82, 2.24) is 5.43 Å². The minimum absolute atomic E-state index is 0.152. The van der Waals surface area contributed by atoms with Crippen LogP contribution >= 0.6 is 22.9 Å². The predicted octanol–water partition coefficient (Wildman–Crippen LogP) is 4.25. The molecular weight excluding hydrogens is 473 g/mol. The van der Waals surface area contributed by atoms with Crippen LogP contribution in [0.15, 0.2) is 59.0 Å². The zero-order chi connectivity index (χ0) is 24.0. The van der Waals surface area contributed by atoms with Crippen LogP contribution in [0.3, 0.4) is 0 Å². The van der Waals surface area contributed by atoms with Gasteiger partial charge in [0, 0.05) is 11.3 Å². The zero-order valence-corrected chi connectivity index (χ0v) is 18.9. The maximum atomic E-state index is 13.2. The van der Waals surface area contributed by atoms with Gasteiger partial charge < -0.3 is 14.8 Å². The average Bonchev–Trinajstić information content (AvgIpc) is 3.35. The molecule has 0 atom stereocenters. The van der Waals surface area contributed by atoms with E-state index in [1.807, 2.05) is 0 Å². The van der Waals surface area contributed by atoms with Crippen molar-refractivity contribution >= 4 is 52.1 Å². The number of nitrogens with zero attached hydrogens (tertiary/aromatic N) is 1. The molecule has 0 fully saturated rings. The summed E-state index contributed by atoms with van der Waals surface area (Å²) >= 11 is 6.91. The third kappa shape index (κ3) is 6.15. The summed E-state index contributed by atoms with van der Waals surface area (Å²) in [7, 11) is 1.42. The lowest BCUT2D eigenvalue weighted by Crippen LogP contribution is -2.33. The number of halogens is 2. The maximum absolute atomic E-state index is 13.2. The molecule has 0 bridgehead atoms. The third-order valence-corrected chi connectivity index (χ3v) is 5.35. The Kier molecular flexibility index (Phi) is 7.75. The number of nitrogens with one attached hydrogen (secondary N) is 2. The molecule has 2 aromatic carbocycles. The molecule has 3 aromatic rings. The van der Waals surface area contributed by atoms with Crippen molar-refractivity contribution in [2.24, 2.45) is 5.10 Å². The number of ether oxygens (including phenoxy) is 2. The number of rotatable bonds is 6. The molecule has 8 nitrogen and oxygen atoms in total. The first-order valence-corrected chi connectivity index (χ1v) is 10.6. The summed E-state index contributed by atoms with van der Waals surface area (Å²) in [5.74, 6) is -2.71. The molecule has 0 saturated carbocycles. The molecule has 11 heteroatoms. The van der Waals surface area contributed by atoms with Gasteiger partial charge in [-0.25, -0.2) is 14.6 Å². The Balaban J connectivity index is 1.65. The Labute approximate surface area is 197 Å². The Bertz CT molecular complexity index is 1230. The lowest BCUT2D eigenvalue weighted by Gasteiger charge is -2.11. The van der Waals surface area contributed by atoms with Gasteiger partial charge in [-0.15, -0.1) is 11.3 Å². The summed E-state index contributed by atoms with van der Waals surface area (Å²) < 4.78 is 23.8. The van der Waals surface area contributed by atoms with Crippen LogP contribution in [-0.2, 0) is 9.59 Å². The van der Waals surface area contributed by atoms with E-state index < -0.39 is 23.6 Å². The van der Waals surface area contributed by atoms with Gasteiger partial charge in [0.15, 0.2) is 11.5 Å². The molecule has 0 aliphatic heterocycles. The molecule has 0 aliphatic carbocycles. The fourth-order valence-corrected chi connectivity index (χ4v) is 3.31. The smallest absolute Gasteiger partial charge is 0.353 e. The summed E-state index contributed by atoms with van der Waals surface area (Å²) in [6, 6.07) is 11.6. The minimum atomic E-state index is -1.04. The Hall–Kier alpha value is -3.76. The average molecular weight is 490 g/mol. The zero-order valence-electron chi connectivity index (χ0n) is 17.3. The number of carbonyl (C=O) groups is 3. The van der Waals surface area contributed by atoms with Crippen molar-refractivity contribution in [1.29, 1.82) is 0 Å². The maximum Gasteiger partial charge on any atom is 0.353 e. The molecule has 0 saturated heterocycles. The number of hydrogen-bond donors (Lipinski definition) is 2. The molecule has 1 heterocycles. The molecule has 0 spiro atoms. The number of thiophene rings is 1. The van der Waals surface area contributed by atoms with Crippen LogP contribution < -0.4 is 20.2 Å². The van der Waals surface area contributed by atoms with Crippen molar-refractivity contribution in [3.05, 3.63) is 75.2 Å². The first-order valence-electron chi connectivity index (χ1n) is 9.33. The first-order chi connectivity index (χ1) is 15.8. The van der Waals surface area contributed by atoms with Gasteiger partial charge in [-0.2, -0.15) is 5.10 Å². The van der Waals surface area contributed by atoms with E-state index in [2.05, 4.69) is 15.8 Å². The van der Waals surface area contributed by atoms with Crippen molar-refractivity contribution in [2.45, 2.75) is 6.92 Å². The van der Waals surface area contributed by atoms with Gasteiger partial charge in [0.2, 0.25) is 0 Å². The highest BCUT2D eigenvalue weighted by Crippen LogP contribution is 2.29. The summed E-state index contributed by atoms with van der Waals surface area (Å²) in [5, 5.41) is 7.76. The standard InChI is InChI=1S/C22H17ClFN3O5S/c1-12(26-27-21(29)20(28)25-14-6-7-16(24)15(23)11-14)13-5-8-17(18(10-13)31-2)32-22(30)19-4-3-9-33-19/h3-11H,1-2H3,(H,25,28)(H,27,29)/b26-12+. The van der Waals surface area contributed by atoms with Gasteiger partial charge in [-0.1, -0.05) is 17.7 Å². The van der Waals surface area contributed by atoms with Crippen molar-refractivity contribution in [3.63, 3.8) is 0 Å². The normalized spacial score (nSPS) is 11.0. The number of hydrazone groups is 1. The molecule has 0 unspecified atom stereocenters. The Morgan fingerprint density at radius 2 is 1.85 bits per heavy atom. The fourth-order valence-electron chi connectivity index (χ4n) is 2.53. The van der Waals surface area contributed by atoms with E-state index in [-0.39, 0.29) is 22.2 Å². The second-order valence-corrected chi connectivity index (χ2v) is 7.81. The summed E-state index contributed by atoms with van der Waals surface area (Å²) in [6.07, 6.45) is 0. The van der Waals surface area contributed by atoms with E-state index in [0.717, 1.165) is 6.07 Å². The highest BCUT2D eigenvalue weighted by atomic mass is 35.5. The number of hydrogen-bond acceptors (Lipinski definition) is 7. The Morgan fingerprint density at radius 1 is 1.06 bits per heavy atom. The van der Waals surface area contributed by atoms with Crippen LogP contribution in [0.25, 0.3) is 0 Å². The van der Waals surface area contributed by atoms with E-state index in [9.17, 15) is 18.8 Å². The molecule has 3 rings (SSSR count). The van der Waals surface area contributed by atoms with Crippen molar-refractivity contribution < 1.29 is 28.2 Å². The largest absolute Gasteiger partial charge is 0.493 e. The number of methoxy groups -OCH3 is 1. The molecule has 2 amide bonds. The van der Waals surface area contributed by atoms with E-state index in [1.165, 1.54) is 36.6 Å². The van der Waals surface area contributed by atoms with Crippen LogP contribution in [0.1, 0.15) is 22.2 Å². The predicted molar refractivity (Wildman–Crippen MR) is 123 cm³/mol. The molecule has 0 aliphatic rings. The van der Waals surface area contributed by atoms with Crippen molar-refractivity contribution in [2.75, 3.05) is 12.4 Å². The lowest BCUT2D eigenvalue weighted by atomic mass is 10.1. The molecular formula is C22H17ClFN3O5S. The van der Waals surface area contributed by atoms with Crippen LogP contribution in [0.4, 0.5) is 10.1 Å². The van der Waals surface area contributed by atoms with Crippen LogP contribution in [0.5, 0.6) is 11.5 Å². The van der Waals surface area contributed by atoms with Gasteiger partial charge in [0.05, 0.1) is 17.8 Å². The number of benzene rings is 2.